The molecule has 0 radical (unpaired) electrons. The Bertz CT molecular complexity index is 688. The molecular formula is C15H20N6O4. The van der Waals surface area contributed by atoms with E-state index in [1.807, 2.05) is 0 Å². The van der Waals surface area contributed by atoms with Crippen LogP contribution in [-0.4, -0.2) is 69.6 Å². The van der Waals surface area contributed by atoms with Crippen molar-refractivity contribution in [3.05, 3.63) is 18.2 Å². The summed E-state index contributed by atoms with van der Waals surface area (Å²) in [5, 5.41) is 5.32. The summed E-state index contributed by atoms with van der Waals surface area (Å²) in [5.74, 6) is -1.73. The Morgan fingerprint density at radius 1 is 1.44 bits per heavy atom. The number of imidazole rings is 1. The van der Waals surface area contributed by atoms with Gasteiger partial charge in [-0.1, -0.05) is 0 Å². The molecule has 3 heterocycles. The van der Waals surface area contributed by atoms with Gasteiger partial charge in [0.15, 0.2) is 5.78 Å². The van der Waals surface area contributed by atoms with Crippen molar-refractivity contribution < 1.29 is 19.2 Å². The van der Waals surface area contributed by atoms with E-state index in [2.05, 4.69) is 20.6 Å². The van der Waals surface area contributed by atoms with Gasteiger partial charge in [0.05, 0.1) is 12.9 Å². The van der Waals surface area contributed by atoms with Gasteiger partial charge in [-0.2, -0.15) is 0 Å². The highest BCUT2D eigenvalue weighted by Gasteiger charge is 2.40. The predicted molar refractivity (Wildman–Crippen MR) is 84.9 cm³/mol. The Morgan fingerprint density at radius 3 is 2.80 bits per heavy atom. The molecule has 5 N–H and O–H groups in total. The van der Waals surface area contributed by atoms with E-state index >= 15 is 0 Å². The van der Waals surface area contributed by atoms with Crippen molar-refractivity contribution in [2.24, 2.45) is 5.73 Å². The first-order valence-corrected chi connectivity index (χ1v) is 8.11. The van der Waals surface area contributed by atoms with Crippen LogP contribution in [-0.2, 0) is 25.6 Å². The van der Waals surface area contributed by atoms with E-state index in [4.69, 9.17) is 5.73 Å². The van der Waals surface area contributed by atoms with E-state index in [0.717, 1.165) is 0 Å². The lowest BCUT2D eigenvalue weighted by atomic mass is 10.0. The van der Waals surface area contributed by atoms with E-state index in [0.29, 0.717) is 25.1 Å². The molecule has 2 aliphatic rings. The fourth-order valence-electron chi connectivity index (χ4n) is 3.12. The number of nitrogens with one attached hydrogen (secondary N) is 3. The van der Waals surface area contributed by atoms with Gasteiger partial charge in [-0.15, -0.1) is 0 Å². The van der Waals surface area contributed by atoms with Gasteiger partial charge in [-0.05, 0) is 12.8 Å². The fraction of sp³-hybridized carbons (Fsp3) is 0.533. The molecule has 3 atom stereocenters. The number of primary amides is 1. The van der Waals surface area contributed by atoms with Crippen LogP contribution in [0.5, 0.6) is 0 Å². The maximum Gasteiger partial charge on any atom is 0.246 e. The summed E-state index contributed by atoms with van der Waals surface area (Å²) in [6, 6.07) is -2.51. The lowest BCUT2D eigenvalue weighted by Crippen LogP contribution is -2.64. The van der Waals surface area contributed by atoms with Crippen molar-refractivity contribution in [2.75, 3.05) is 13.1 Å². The van der Waals surface area contributed by atoms with Gasteiger partial charge in [0.2, 0.25) is 17.7 Å². The minimum atomic E-state index is -0.928. The number of carbonyl (C=O) groups excluding carboxylic acids is 4. The Balaban J connectivity index is 1.75. The van der Waals surface area contributed by atoms with E-state index in [9.17, 15) is 19.2 Å². The number of ketones is 1. The molecule has 25 heavy (non-hydrogen) atoms. The topological polar surface area (TPSA) is 150 Å². The number of Topliss-reactive ketones (excluding diaryl/α,β-unsaturated/α-hetero) is 1. The van der Waals surface area contributed by atoms with Crippen LogP contribution in [0.2, 0.25) is 0 Å². The molecule has 2 saturated heterocycles. The van der Waals surface area contributed by atoms with Crippen molar-refractivity contribution in [1.82, 2.24) is 25.5 Å². The molecular weight excluding hydrogens is 328 g/mol. The fourth-order valence-corrected chi connectivity index (χ4v) is 3.12. The molecule has 2 fully saturated rings. The number of hydrogen-bond acceptors (Lipinski definition) is 6. The van der Waals surface area contributed by atoms with Crippen molar-refractivity contribution in [3.63, 3.8) is 0 Å². The highest BCUT2D eigenvalue weighted by Crippen LogP contribution is 2.19. The number of carbonyl (C=O) groups is 4. The molecule has 2 aliphatic heterocycles. The quantitative estimate of drug-likeness (QED) is 0.416. The normalized spacial score (nSPS) is 23.8. The number of amides is 3. The van der Waals surface area contributed by atoms with Crippen LogP contribution in [0.1, 0.15) is 18.5 Å². The minimum absolute atomic E-state index is 0.146. The van der Waals surface area contributed by atoms with Crippen LogP contribution in [0, 0.1) is 0 Å². The summed E-state index contributed by atoms with van der Waals surface area (Å²) in [6.07, 6.45) is 4.38. The zero-order valence-electron chi connectivity index (χ0n) is 13.5. The number of H-pyrrole nitrogens is 1. The Kier molecular flexibility index (Phi) is 4.79. The van der Waals surface area contributed by atoms with Gasteiger partial charge in [0.25, 0.3) is 0 Å². The highest BCUT2D eigenvalue weighted by atomic mass is 16.2. The van der Waals surface area contributed by atoms with Crippen LogP contribution in [0.25, 0.3) is 0 Å². The Hall–Kier alpha value is -2.75. The van der Waals surface area contributed by atoms with Crippen molar-refractivity contribution in [3.8, 4) is 0 Å². The molecule has 0 spiro atoms. The molecule has 0 saturated carbocycles. The second-order valence-electron chi connectivity index (χ2n) is 6.21. The average molecular weight is 348 g/mol. The summed E-state index contributed by atoms with van der Waals surface area (Å²) in [4.78, 5) is 56.3. The molecule has 3 rings (SSSR count). The number of aromatic nitrogens is 2. The third-order valence-corrected chi connectivity index (χ3v) is 4.52. The van der Waals surface area contributed by atoms with Crippen molar-refractivity contribution >= 4 is 23.5 Å². The first-order valence-electron chi connectivity index (χ1n) is 8.11. The lowest BCUT2D eigenvalue weighted by molar-refractivity contribution is -0.142. The molecule has 1 aromatic heterocycles. The Morgan fingerprint density at radius 2 is 2.24 bits per heavy atom. The number of nitrogens with two attached hydrogens (primary N) is 1. The maximum atomic E-state index is 12.9. The number of rotatable bonds is 6. The van der Waals surface area contributed by atoms with Crippen LogP contribution in [0.4, 0.5) is 0 Å². The second-order valence-corrected chi connectivity index (χ2v) is 6.21. The van der Waals surface area contributed by atoms with Gasteiger partial charge in [-0.3, -0.25) is 24.5 Å². The second kappa shape index (κ2) is 7.01. The number of likely N-dealkylation sites (tertiary alicyclic amines) is 1. The Labute approximate surface area is 143 Å². The van der Waals surface area contributed by atoms with E-state index in [1.165, 1.54) is 11.2 Å². The molecule has 10 heteroatoms. The van der Waals surface area contributed by atoms with E-state index in [-0.39, 0.29) is 18.7 Å². The van der Waals surface area contributed by atoms with Crippen molar-refractivity contribution in [2.45, 2.75) is 37.4 Å². The third kappa shape index (κ3) is 3.53. The molecule has 10 nitrogen and oxygen atoms in total. The summed E-state index contributed by atoms with van der Waals surface area (Å²) in [5.41, 5.74) is 6.02. The van der Waals surface area contributed by atoms with Gasteiger partial charge in [-0.25, -0.2) is 4.98 Å². The number of nitrogens with zero attached hydrogens (tertiary/aromatic N) is 2. The van der Waals surface area contributed by atoms with Gasteiger partial charge >= 0.3 is 0 Å². The molecule has 0 bridgehead atoms. The minimum Gasteiger partial charge on any atom is -0.368 e. The molecule has 3 amide bonds. The predicted octanol–water partition coefficient (Wildman–Crippen LogP) is -2.55. The van der Waals surface area contributed by atoms with Crippen LogP contribution >= 0.6 is 0 Å². The molecule has 1 aromatic rings. The van der Waals surface area contributed by atoms with Crippen LogP contribution < -0.4 is 16.4 Å². The zero-order valence-corrected chi connectivity index (χ0v) is 13.5. The van der Waals surface area contributed by atoms with E-state index < -0.39 is 35.8 Å². The smallest absolute Gasteiger partial charge is 0.246 e. The highest BCUT2D eigenvalue weighted by molar-refractivity contribution is 6.11. The van der Waals surface area contributed by atoms with E-state index in [1.54, 1.807) is 6.20 Å². The van der Waals surface area contributed by atoms with Crippen LogP contribution in [0.3, 0.4) is 0 Å². The van der Waals surface area contributed by atoms with Crippen LogP contribution in [0.15, 0.2) is 12.5 Å². The van der Waals surface area contributed by atoms with Crippen molar-refractivity contribution in [1.29, 1.82) is 0 Å². The van der Waals surface area contributed by atoms with Gasteiger partial charge in [0.1, 0.15) is 18.1 Å². The summed E-state index contributed by atoms with van der Waals surface area (Å²) in [6.45, 7) is 0.551. The average Bonchev–Trinajstić information content (AvgIpc) is 3.23. The molecule has 0 aliphatic carbocycles. The van der Waals surface area contributed by atoms with Gasteiger partial charge in [0, 0.05) is 24.9 Å². The SMILES string of the molecule is NC(=O)[C@@H]1CCCN1C(=O)[C@H](Cc1cnc[nH]1)NC(=O)[C@H]1NCC1=O. The van der Waals surface area contributed by atoms with Gasteiger partial charge < -0.3 is 20.9 Å². The molecule has 134 valence electrons. The molecule has 0 aromatic carbocycles. The number of aromatic amines is 1. The zero-order chi connectivity index (χ0) is 18.0. The summed E-state index contributed by atoms with van der Waals surface area (Å²) < 4.78 is 0. The lowest BCUT2D eigenvalue weighted by Gasteiger charge is -2.30. The summed E-state index contributed by atoms with van der Waals surface area (Å²) >= 11 is 0. The first kappa shape index (κ1) is 17.1. The monoisotopic (exact) mass is 348 g/mol. The standard InChI is InChI=1S/C15H20N6O4/c16-13(23)10-2-1-3-21(10)15(25)9(4-8-5-17-7-19-8)20-14(24)12-11(22)6-18-12/h5,7,9-10,12,18H,1-4,6H2,(H2,16,23)(H,17,19)(H,20,24)/t9-,10-,12-/m0/s1. The maximum absolute atomic E-state index is 12.9. The third-order valence-electron chi connectivity index (χ3n) is 4.52. The number of hydrogen-bond donors (Lipinski definition) is 4. The largest absolute Gasteiger partial charge is 0.368 e. The first-order chi connectivity index (χ1) is 12.0. The molecule has 0 unspecified atom stereocenters. The summed E-state index contributed by atoms with van der Waals surface area (Å²) in [7, 11) is 0.